The molecule has 1 heterocycles. The molecule has 1 atom stereocenters. The highest BCUT2D eigenvalue weighted by atomic mass is 35.5. The lowest BCUT2D eigenvalue weighted by Gasteiger charge is -2.23. The smallest absolute Gasteiger partial charge is 0.220 e. The molecule has 1 N–H and O–H groups in total. The first-order valence-corrected chi connectivity index (χ1v) is 6.13. The van der Waals surface area contributed by atoms with Crippen LogP contribution in [0.4, 0.5) is 0 Å². The largest absolute Gasteiger partial charge is 0.356 e. The van der Waals surface area contributed by atoms with Crippen molar-refractivity contribution in [3.05, 3.63) is 34.3 Å². The predicted octanol–water partition coefficient (Wildman–Crippen LogP) is 2.90. The van der Waals surface area contributed by atoms with Crippen LogP contribution >= 0.6 is 11.6 Å². The van der Waals surface area contributed by atoms with Crippen LogP contribution in [0.3, 0.4) is 0 Å². The third-order valence-electron chi connectivity index (χ3n) is 3.17. The fraction of sp³-hybridized carbons (Fsp3) is 0.462. The molecule has 1 amide bonds. The van der Waals surface area contributed by atoms with Crippen molar-refractivity contribution in [2.45, 2.75) is 32.1 Å². The van der Waals surface area contributed by atoms with Crippen molar-refractivity contribution in [2.75, 3.05) is 6.54 Å². The SMILES string of the molecule is CCc1cc(C2CCNC(=O)C2)ccc1Cl. The molecule has 0 bridgehead atoms. The lowest BCUT2D eigenvalue weighted by molar-refractivity contribution is -0.122. The average Bonchev–Trinajstić information content (AvgIpc) is 2.29. The maximum atomic E-state index is 11.3. The molecule has 3 heteroatoms. The number of carbonyl (C=O) groups is 1. The van der Waals surface area contributed by atoms with E-state index in [9.17, 15) is 4.79 Å². The highest BCUT2D eigenvalue weighted by Gasteiger charge is 2.20. The van der Waals surface area contributed by atoms with Crippen molar-refractivity contribution < 1.29 is 4.79 Å². The van der Waals surface area contributed by atoms with Crippen molar-refractivity contribution in [1.29, 1.82) is 0 Å². The van der Waals surface area contributed by atoms with E-state index in [4.69, 9.17) is 11.6 Å². The Balaban J connectivity index is 2.22. The van der Waals surface area contributed by atoms with Gasteiger partial charge in [0.1, 0.15) is 0 Å². The number of halogens is 1. The van der Waals surface area contributed by atoms with Crippen LogP contribution < -0.4 is 5.32 Å². The van der Waals surface area contributed by atoms with Gasteiger partial charge in [0.05, 0.1) is 0 Å². The fourth-order valence-electron chi connectivity index (χ4n) is 2.19. The zero-order valence-electron chi connectivity index (χ0n) is 9.42. The highest BCUT2D eigenvalue weighted by molar-refractivity contribution is 6.31. The van der Waals surface area contributed by atoms with E-state index in [1.54, 1.807) is 0 Å². The molecule has 1 aliphatic rings. The molecule has 1 aliphatic heterocycles. The van der Waals surface area contributed by atoms with Gasteiger partial charge < -0.3 is 5.32 Å². The van der Waals surface area contributed by atoms with E-state index in [0.717, 1.165) is 24.4 Å². The van der Waals surface area contributed by atoms with Crippen molar-refractivity contribution in [3.63, 3.8) is 0 Å². The molecule has 2 nitrogen and oxygen atoms in total. The minimum atomic E-state index is 0.157. The second-order valence-corrected chi connectivity index (χ2v) is 4.65. The number of amides is 1. The molecule has 0 saturated carbocycles. The zero-order chi connectivity index (χ0) is 11.5. The van der Waals surface area contributed by atoms with Gasteiger partial charge in [-0.3, -0.25) is 4.79 Å². The van der Waals surface area contributed by atoms with Crippen LogP contribution in [0.25, 0.3) is 0 Å². The van der Waals surface area contributed by atoms with Crippen molar-refractivity contribution in [3.8, 4) is 0 Å². The Kier molecular flexibility index (Phi) is 3.49. The number of carbonyl (C=O) groups excluding carboxylic acids is 1. The minimum absolute atomic E-state index is 0.157. The first kappa shape index (κ1) is 11.5. The maximum absolute atomic E-state index is 11.3. The summed E-state index contributed by atoms with van der Waals surface area (Å²) in [6.45, 7) is 2.88. The quantitative estimate of drug-likeness (QED) is 0.842. The van der Waals surface area contributed by atoms with Gasteiger partial charge in [-0.15, -0.1) is 0 Å². The third kappa shape index (κ3) is 2.38. The third-order valence-corrected chi connectivity index (χ3v) is 3.54. The molecule has 0 aliphatic carbocycles. The Hall–Kier alpha value is -1.02. The summed E-state index contributed by atoms with van der Waals surface area (Å²) in [6, 6.07) is 6.14. The average molecular weight is 238 g/mol. The second kappa shape index (κ2) is 4.88. The Morgan fingerprint density at radius 3 is 3.00 bits per heavy atom. The summed E-state index contributed by atoms with van der Waals surface area (Å²) in [5.74, 6) is 0.514. The monoisotopic (exact) mass is 237 g/mol. The molecule has 16 heavy (non-hydrogen) atoms. The van der Waals surface area contributed by atoms with Crippen LogP contribution in [0, 0.1) is 0 Å². The Bertz CT molecular complexity index is 403. The molecule has 0 aromatic heterocycles. The van der Waals surface area contributed by atoms with Crippen molar-refractivity contribution >= 4 is 17.5 Å². The van der Waals surface area contributed by atoms with E-state index in [-0.39, 0.29) is 5.91 Å². The normalized spacial score (nSPS) is 20.6. The van der Waals surface area contributed by atoms with Crippen LogP contribution in [0.5, 0.6) is 0 Å². The van der Waals surface area contributed by atoms with Gasteiger partial charge >= 0.3 is 0 Å². The summed E-state index contributed by atoms with van der Waals surface area (Å²) in [7, 11) is 0. The molecule has 1 aromatic rings. The van der Waals surface area contributed by atoms with Gasteiger partial charge in [-0.05, 0) is 36.0 Å². The number of benzene rings is 1. The van der Waals surface area contributed by atoms with Crippen molar-refractivity contribution in [1.82, 2.24) is 5.32 Å². The number of rotatable bonds is 2. The number of hydrogen-bond donors (Lipinski definition) is 1. The van der Waals surface area contributed by atoms with E-state index in [1.807, 2.05) is 12.1 Å². The van der Waals surface area contributed by atoms with E-state index in [2.05, 4.69) is 18.3 Å². The lowest BCUT2D eigenvalue weighted by atomic mass is 9.89. The fourth-order valence-corrected chi connectivity index (χ4v) is 2.44. The summed E-state index contributed by atoms with van der Waals surface area (Å²) < 4.78 is 0. The molecule has 86 valence electrons. The summed E-state index contributed by atoms with van der Waals surface area (Å²) in [5, 5.41) is 3.68. The molecular formula is C13H16ClNO. The van der Waals surface area contributed by atoms with E-state index in [1.165, 1.54) is 11.1 Å². The highest BCUT2D eigenvalue weighted by Crippen LogP contribution is 2.28. The summed E-state index contributed by atoms with van der Waals surface area (Å²) >= 11 is 6.08. The molecule has 1 fully saturated rings. The summed E-state index contributed by atoms with van der Waals surface area (Å²) in [5.41, 5.74) is 2.42. The molecule has 1 unspecified atom stereocenters. The number of piperidine rings is 1. The first-order chi connectivity index (χ1) is 7.70. The Labute approximate surface area is 101 Å². The van der Waals surface area contributed by atoms with Gasteiger partial charge in [-0.25, -0.2) is 0 Å². The number of hydrogen-bond acceptors (Lipinski definition) is 1. The Morgan fingerprint density at radius 1 is 1.50 bits per heavy atom. The summed E-state index contributed by atoms with van der Waals surface area (Å²) in [6.07, 6.45) is 2.56. The molecule has 0 radical (unpaired) electrons. The number of aryl methyl sites for hydroxylation is 1. The molecule has 0 spiro atoms. The molecule has 2 rings (SSSR count). The molecule has 1 aromatic carbocycles. The van der Waals surface area contributed by atoms with Gasteiger partial charge in [0.15, 0.2) is 0 Å². The van der Waals surface area contributed by atoms with Gasteiger partial charge in [-0.1, -0.05) is 30.7 Å². The van der Waals surface area contributed by atoms with E-state index >= 15 is 0 Å². The van der Waals surface area contributed by atoms with E-state index in [0.29, 0.717) is 12.3 Å². The van der Waals surface area contributed by atoms with Crippen LogP contribution in [0.15, 0.2) is 18.2 Å². The van der Waals surface area contributed by atoms with Crippen LogP contribution in [0.1, 0.15) is 36.8 Å². The molecule has 1 saturated heterocycles. The molecular weight excluding hydrogens is 222 g/mol. The van der Waals surface area contributed by atoms with Crippen molar-refractivity contribution in [2.24, 2.45) is 0 Å². The van der Waals surface area contributed by atoms with Gasteiger partial charge in [0.2, 0.25) is 5.91 Å². The standard InChI is InChI=1S/C13H16ClNO/c1-2-9-7-10(3-4-12(9)14)11-5-6-15-13(16)8-11/h3-4,7,11H,2,5-6,8H2,1H3,(H,15,16). The second-order valence-electron chi connectivity index (χ2n) is 4.24. The van der Waals surface area contributed by atoms with Crippen LogP contribution in [0.2, 0.25) is 5.02 Å². The van der Waals surface area contributed by atoms with Gasteiger partial charge in [0.25, 0.3) is 0 Å². The maximum Gasteiger partial charge on any atom is 0.220 e. The Morgan fingerprint density at radius 2 is 2.31 bits per heavy atom. The number of nitrogens with one attached hydrogen (secondary N) is 1. The van der Waals surface area contributed by atoms with Crippen LogP contribution in [-0.2, 0) is 11.2 Å². The lowest BCUT2D eigenvalue weighted by Crippen LogP contribution is -2.32. The minimum Gasteiger partial charge on any atom is -0.356 e. The van der Waals surface area contributed by atoms with Gasteiger partial charge in [0, 0.05) is 18.0 Å². The van der Waals surface area contributed by atoms with Crippen LogP contribution in [-0.4, -0.2) is 12.5 Å². The topological polar surface area (TPSA) is 29.1 Å². The zero-order valence-corrected chi connectivity index (χ0v) is 10.2. The van der Waals surface area contributed by atoms with E-state index < -0.39 is 0 Å². The summed E-state index contributed by atoms with van der Waals surface area (Å²) in [4.78, 5) is 11.3. The first-order valence-electron chi connectivity index (χ1n) is 5.75. The van der Waals surface area contributed by atoms with Gasteiger partial charge in [-0.2, -0.15) is 0 Å². The predicted molar refractivity (Wildman–Crippen MR) is 65.8 cm³/mol.